The van der Waals surface area contributed by atoms with Crippen LogP contribution in [0.25, 0.3) is 0 Å². The van der Waals surface area contributed by atoms with Crippen LogP contribution in [-0.4, -0.2) is 56.6 Å². The fraction of sp³-hybridized carbons (Fsp3) is 0.417. The van der Waals surface area contributed by atoms with E-state index in [1.807, 2.05) is 54.6 Å². The molecule has 5 aromatic rings. The van der Waals surface area contributed by atoms with Gasteiger partial charge >= 0.3 is 0 Å². The highest BCUT2D eigenvalue weighted by Gasteiger charge is 2.18. The Balaban J connectivity index is 1.64. The number of aryl methyl sites for hydroxylation is 5. The Morgan fingerprint density at radius 3 is 0.886 bits per heavy atom. The van der Waals surface area contributed by atoms with Crippen molar-refractivity contribution in [2.45, 2.75) is 133 Å². The molecule has 1 aliphatic heterocycles. The fourth-order valence-corrected chi connectivity index (χ4v) is 8.23. The summed E-state index contributed by atoms with van der Waals surface area (Å²) in [5, 5.41) is 59.5. The first-order chi connectivity index (χ1) is 33.3. The SMILES string of the molecule is CC(C)CCc1cc2c(O)c(c1)N=Cc1cc(CCC(C)C)cc(c1O)N=Cc1c(CCC(C)C)ccc(c1O)N=Cc1cc(CCC(C)C)cc(c1O)N=Cc1cc(CCC(C)C)cc(c1O)N=C2. The van der Waals surface area contributed by atoms with E-state index < -0.39 is 0 Å². The van der Waals surface area contributed by atoms with Crippen molar-refractivity contribution < 1.29 is 25.5 Å². The van der Waals surface area contributed by atoms with Gasteiger partial charge in [-0.15, -0.1) is 0 Å². The predicted octanol–water partition coefficient (Wildman–Crippen LogP) is 15.2. The van der Waals surface area contributed by atoms with E-state index in [1.54, 1.807) is 37.1 Å². The number of rotatable bonds is 15. The quantitative estimate of drug-likeness (QED) is 0.0691. The zero-order valence-electron chi connectivity index (χ0n) is 43.1. The molecule has 0 spiro atoms. The average molecular weight is 946 g/mol. The summed E-state index contributed by atoms with van der Waals surface area (Å²) in [6, 6.07) is 18.8. The third-order valence-corrected chi connectivity index (χ3v) is 12.7. The molecule has 10 bridgehead atoms. The lowest BCUT2D eigenvalue weighted by molar-refractivity contribution is 0.473. The van der Waals surface area contributed by atoms with E-state index in [2.05, 4.69) is 69.2 Å². The second-order valence-corrected chi connectivity index (χ2v) is 21.2. The number of hydrogen-bond donors (Lipinski definition) is 5. The van der Waals surface area contributed by atoms with Gasteiger partial charge in [0.25, 0.3) is 0 Å². The third-order valence-electron chi connectivity index (χ3n) is 12.7. The Morgan fingerprint density at radius 1 is 0.314 bits per heavy atom. The van der Waals surface area contributed by atoms with Crippen LogP contribution in [0.4, 0.5) is 28.4 Å². The van der Waals surface area contributed by atoms with Crippen LogP contribution < -0.4 is 0 Å². The summed E-state index contributed by atoms with van der Waals surface area (Å²) >= 11 is 0. The highest BCUT2D eigenvalue weighted by Crippen LogP contribution is 2.40. The highest BCUT2D eigenvalue weighted by molar-refractivity contribution is 5.97. The molecule has 0 aliphatic carbocycles. The second kappa shape index (κ2) is 24.3. The average Bonchev–Trinajstić information content (AvgIpc) is 3.30. The van der Waals surface area contributed by atoms with Crippen molar-refractivity contribution in [2.24, 2.45) is 54.6 Å². The Morgan fingerprint density at radius 2 is 0.586 bits per heavy atom. The molecule has 5 aromatic carbocycles. The molecule has 370 valence electrons. The van der Waals surface area contributed by atoms with E-state index in [9.17, 15) is 25.5 Å². The maximum Gasteiger partial charge on any atom is 0.150 e. The van der Waals surface area contributed by atoms with Crippen LogP contribution in [0.1, 0.15) is 157 Å². The van der Waals surface area contributed by atoms with Crippen molar-refractivity contribution in [1.82, 2.24) is 0 Å². The normalized spacial score (nSPS) is 12.8. The minimum absolute atomic E-state index is 0.0767. The molecule has 10 heteroatoms. The van der Waals surface area contributed by atoms with Crippen LogP contribution in [0.2, 0.25) is 0 Å². The van der Waals surface area contributed by atoms with Crippen molar-refractivity contribution in [3.63, 3.8) is 0 Å². The van der Waals surface area contributed by atoms with Gasteiger partial charge in [-0.3, -0.25) is 25.0 Å². The fourth-order valence-electron chi connectivity index (χ4n) is 8.23. The summed E-state index contributed by atoms with van der Waals surface area (Å²) in [7, 11) is 0. The number of aliphatic imine (C=N–C) groups is 5. The maximum absolute atomic E-state index is 12.0. The molecule has 0 unspecified atom stereocenters. The molecule has 70 heavy (non-hydrogen) atoms. The zero-order chi connectivity index (χ0) is 50.6. The summed E-state index contributed by atoms with van der Waals surface area (Å²) in [5.74, 6) is 1.69. The van der Waals surface area contributed by atoms with Crippen molar-refractivity contribution >= 4 is 59.5 Å². The molecule has 0 radical (unpaired) electrons. The molecule has 0 saturated carbocycles. The van der Waals surface area contributed by atoms with Gasteiger partial charge in [0.1, 0.15) is 57.2 Å². The summed E-state index contributed by atoms with van der Waals surface area (Å²) in [6.45, 7) is 21.7. The molecular formula is C60H75N5O5. The number of aromatic hydroxyl groups is 5. The molecule has 5 N–H and O–H groups in total. The van der Waals surface area contributed by atoms with Gasteiger partial charge in [0, 0.05) is 58.9 Å². The minimum atomic E-state index is -0.100. The number of benzene rings is 5. The number of phenolic OH excluding ortho intramolecular Hbond substituents is 5. The summed E-state index contributed by atoms with van der Waals surface area (Å²) in [5.41, 5.74) is 8.38. The smallest absolute Gasteiger partial charge is 0.150 e. The summed E-state index contributed by atoms with van der Waals surface area (Å²) in [4.78, 5) is 24.0. The summed E-state index contributed by atoms with van der Waals surface area (Å²) in [6.07, 6.45) is 15.9. The van der Waals surface area contributed by atoms with Crippen LogP contribution in [0, 0.1) is 29.6 Å². The third kappa shape index (κ3) is 14.5. The topological polar surface area (TPSA) is 163 Å². The van der Waals surface area contributed by atoms with Crippen molar-refractivity contribution in [2.75, 3.05) is 0 Å². The van der Waals surface area contributed by atoms with Gasteiger partial charge < -0.3 is 25.5 Å². The number of phenols is 5. The van der Waals surface area contributed by atoms with Crippen molar-refractivity contribution in [3.05, 3.63) is 116 Å². The van der Waals surface area contributed by atoms with E-state index in [0.29, 0.717) is 86.6 Å². The Kier molecular flexibility index (Phi) is 18.4. The van der Waals surface area contributed by atoms with E-state index in [-0.39, 0.29) is 34.4 Å². The van der Waals surface area contributed by atoms with Crippen molar-refractivity contribution in [1.29, 1.82) is 0 Å². The van der Waals surface area contributed by atoms with Gasteiger partial charge in [-0.05, 0) is 176 Å². The molecule has 6 rings (SSSR count). The lowest BCUT2D eigenvalue weighted by atomic mass is 9.97. The van der Waals surface area contributed by atoms with E-state index in [4.69, 9.17) is 25.0 Å². The predicted molar refractivity (Wildman–Crippen MR) is 293 cm³/mol. The molecule has 0 saturated heterocycles. The molecule has 0 fully saturated rings. The van der Waals surface area contributed by atoms with E-state index >= 15 is 0 Å². The molecule has 1 aliphatic rings. The Bertz CT molecular complexity index is 2780. The van der Waals surface area contributed by atoms with Crippen LogP contribution in [0.3, 0.4) is 0 Å². The lowest BCUT2D eigenvalue weighted by Gasteiger charge is -2.13. The van der Waals surface area contributed by atoms with Gasteiger partial charge in [-0.2, -0.15) is 0 Å². The minimum Gasteiger partial charge on any atom is -0.505 e. The molecule has 10 nitrogen and oxygen atoms in total. The van der Waals surface area contributed by atoms with Crippen LogP contribution in [-0.2, 0) is 32.1 Å². The van der Waals surface area contributed by atoms with Gasteiger partial charge in [-0.25, -0.2) is 0 Å². The molecule has 0 amide bonds. The number of hydrogen-bond acceptors (Lipinski definition) is 10. The van der Waals surface area contributed by atoms with Crippen LogP contribution >= 0.6 is 0 Å². The molecule has 1 heterocycles. The first-order valence-corrected chi connectivity index (χ1v) is 25.3. The highest BCUT2D eigenvalue weighted by atomic mass is 16.3. The second-order valence-electron chi connectivity index (χ2n) is 21.2. The van der Waals surface area contributed by atoms with Gasteiger partial charge in [0.15, 0.2) is 0 Å². The molecule has 0 aromatic heterocycles. The van der Waals surface area contributed by atoms with Crippen molar-refractivity contribution in [3.8, 4) is 28.7 Å². The molecular weight excluding hydrogens is 871 g/mol. The van der Waals surface area contributed by atoms with Gasteiger partial charge in [0.2, 0.25) is 0 Å². The first-order valence-electron chi connectivity index (χ1n) is 25.3. The maximum atomic E-state index is 12.0. The largest absolute Gasteiger partial charge is 0.505 e. The van der Waals surface area contributed by atoms with Gasteiger partial charge in [0.05, 0.1) is 0 Å². The van der Waals surface area contributed by atoms with E-state index in [1.165, 1.54) is 0 Å². The molecule has 0 atom stereocenters. The first kappa shape index (κ1) is 52.8. The summed E-state index contributed by atoms with van der Waals surface area (Å²) < 4.78 is 0. The zero-order valence-corrected chi connectivity index (χ0v) is 43.1. The number of nitrogens with zero attached hydrogens (tertiary/aromatic N) is 5. The van der Waals surface area contributed by atoms with Gasteiger partial charge in [-0.1, -0.05) is 75.3 Å². The van der Waals surface area contributed by atoms with Crippen LogP contribution in [0.5, 0.6) is 28.7 Å². The Hall–Kier alpha value is -6.55. The van der Waals surface area contributed by atoms with Crippen LogP contribution in [0.15, 0.2) is 85.6 Å². The lowest BCUT2D eigenvalue weighted by Crippen LogP contribution is -1.98. The number of fused-ring (bicyclic) bond motifs is 10. The monoisotopic (exact) mass is 946 g/mol. The Labute approximate surface area is 416 Å². The standard InChI is InChI=1S/C60H75N5O5/c1-36(2)11-16-41-23-46-31-61-51-22-21-45(20-15-40(9)10)50(60(51)70)35-65-55-30-44(19-14-39(7)8)26-49(59(55)69)34-64-54-29-43(18-13-38(5)6)25-48(58(54)68)33-63-53-28-42(17-12-37(3)4)24-47(57(53)67)32-62-52(27-41)56(46)66/h21-40,66-70H,11-20H2,1-10H3. The van der Waals surface area contributed by atoms with E-state index in [0.717, 1.165) is 85.6 Å².